The molecule has 0 saturated heterocycles. The van der Waals surface area contributed by atoms with E-state index in [-0.39, 0.29) is 12.0 Å². The van der Waals surface area contributed by atoms with Crippen LogP contribution in [0.5, 0.6) is 0 Å². The zero-order valence-corrected chi connectivity index (χ0v) is 20.0. The maximum atomic E-state index is 11.7. The molecule has 0 heterocycles. The van der Waals surface area contributed by atoms with Gasteiger partial charge in [0.05, 0.1) is 11.6 Å². The number of unbranched alkanes of at least 4 members (excludes halogenated alkanes) is 6. The van der Waals surface area contributed by atoms with Gasteiger partial charge >= 0.3 is 0 Å². The Kier molecular flexibility index (Phi) is 13.2. The minimum Gasteiger partial charge on any atom is -0.372 e. The first-order valence-electron chi connectivity index (χ1n) is 11.6. The summed E-state index contributed by atoms with van der Waals surface area (Å²) in [5.74, 6) is 0. The second kappa shape index (κ2) is 15.0. The summed E-state index contributed by atoms with van der Waals surface area (Å²) < 4.78 is 32.8. The van der Waals surface area contributed by atoms with Crippen LogP contribution in [0.2, 0.25) is 0 Å². The van der Waals surface area contributed by atoms with E-state index in [1.165, 1.54) is 51.4 Å². The predicted molar refractivity (Wildman–Crippen MR) is 130 cm³/mol. The molecule has 1 unspecified atom stereocenters. The highest BCUT2D eigenvalue weighted by Gasteiger charge is 2.26. The molecule has 0 aromatic heterocycles. The van der Waals surface area contributed by atoms with Gasteiger partial charge < -0.3 is 4.90 Å². The summed E-state index contributed by atoms with van der Waals surface area (Å²) in [7, 11) is -4.35. The monoisotopic (exact) mass is 447 g/mol. The lowest BCUT2D eigenvalue weighted by molar-refractivity contribution is 0.470. The quantitative estimate of drug-likeness (QED) is 0.179. The Morgan fingerprint density at radius 1 is 1.06 bits per heavy atom. The van der Waals surface area contributed by atoms with Crippen LogP contribution in [0.4, 0.5) is 5.69 Å². The van der Waals surface area contributed by atoms with Crippen LogP contribution in [0.3, 0.4) is 0 Å². The summed E-state index contributed by atoms with van der Waals surface area (Å²) in [6, 6.07) is 9.82. The fourth-order valence-corrected chi connectivity index (χ4v) is 4.54. The molecule has 173 valence electrons. The zero-order chi connectivity index (χ0) is 23.1. The molecule has 0 amide bonds. The number of benzene rings is 1. The Balaban J connectivity index is 2.98. The van der Waals surface area contributed by atoms with Crippen molar-refractivity contribution in [1.82, 2.24) is 0 Å². The highest BCUT2D eigenvalue weighted by molar-refractivity contribution is 7.86. The minimum atomic E-state index is -4.35. The van der Waals surface area contributed by atoms with Crippen molar-refractivity contribution in [2.45, 2.75) is 83.3 Å². The Hall–Kier alpha value is -1.84. The molecule has 31 heavy (non-hydrogen) atoms. The van der Waals surface area contributed by atoms with E-state index in [0.29, 0.717) is 6.42 Å². The van der Waals surface area contributed by atoms with Gasteiger partial charge in [-0.15, -0.1) is 0 Å². The molecule has 5 nitrogen and oxygen atoms in total. The molecule has 0 spiro atoms. The highest BCUT2D eigenvalue weighted by atomic mass is 32.2. The molecule has 1 radical (unpaired) electrons. The van der Waals surface area contributed by atoms with Crippen molar-refractivity contribution in [3.05, 3.63) is 42.3 Å². The van der Waals surface area contributed by atoms with E-state index >= 15 is 0 Å². The molecule has 1 atom stereocenters. The van der Waals surface area contributed by atoms with Crippen LogP contribution in [-0.4, -0.2) is 31.3 Å². The van der Waals surface area contributed by atoms with Crippen LogP contribution in [0, 0.1) is 18.3 Å². The van der Waals surface area contributed by atoms with Crippen molar-refractivity contribution in [2.24, 2.45) is 0 Å². The number of nitriles is 1. The van der Waals surface area contributed by atoms with Crippen molar-refractivity contribution in [2.75, 3.05) is 18.0 Å². The molecule has 0 fully saturated rings. The smallest absolute Gasteiger partial charge is 0.272 e. The Morgan fingerprint density at radius 2 is 1.61 bits per heavy atom. The van der Waals surface area contributed by atoms with Crippen LogP contribution in [-0.2, 0) is 10.1 Å². The van der Waals surface area contributed by atoms with Crippen molar-refractivity contribution in [3.63, 3.8) is 0 Å². The lowest BCUT2D eigenvalue weighted by Crippen LogP contribution is -2.25. The van der Waals surface area contributed by atoms with Gasteiger partial charge in [-0.2, -0.15) is 13.7 Å². The van der Waals surface area contributed by atoms with Gasteiger partial charge in [0.25, 0.3) is 10.1 Å². The van der Waals surface area contributed by atoms with Gasteiger partial charge in [-0.05, 0) is 43.0 Å². The van der Waals surface area contributed by atoms with Crippen molar-refractivity contribution >= 4 is 21.9 Å². The molecule has 0 saturated carbocycles. The normalized spacial score (nSPS) is 13.1. The summed E-state index contributed by atoms with van der Waals surface area (Å²) >= 11 is 0. The number of hydrogen-bond acceptors (Lipinski definition) is 4. The average Bonchev–Trinajstić information content (AvgIpc) is 2.75. The molecule has 0 aliphatic carbocycles. The van der Waals surface area contributed by atoms with E-state index in [0.717, 1.165) is 24.3 Å². The van der Waals surface area contributed by atoms with Crippen LogP contribution >= 0.6 is 0 Å². The third-order valence-electron chi connectivity index (χ3n) is 5.45. The van der Waals surface area contributed by atoms with E-state index < -0.39 is 15.4 Å². The van der Waals surface area contributed by atoms with Gasteiger partial charge in [0.2, 0.25) is 0 Å². The fraction of sp³-hybridized carbons (Fsp3) is 0.600. The standard InChI is InChI=1S/C25H39N2O3S/c1-4-7-9-11-18-27(19-12-10-8-5-2)24-16-14-22(15-17-24)20-23(21-26)25(13-6-3)31(28,29)30/h14-17,20,25H,3-13,18-19H2,1-2H3,(H,28,29,30). The molecular weight excluding hydrogens is 408 g/mol. The van der Waals surface area contributed by atoms with Crippen molar-refractivity contribution < 1.29 is 13.0 Å². The highest BCUT2D eigenvalue weighted by Crippen LogP contribution is 2.22. The largest absolute Gasteiger partial charge is 0.372 e. The van der Waals surface area contributed by atoms with E-state index in [4.69, 9.17) is 0 Å². The Labute approximate surface area is 189 Å². The van der Waals surface area contributed by atoms with Gasteiger partial charge in [-0.1, -0.05) is 77.8 Å². The molecule has 0 aliphatic heterocycles. The second-order valence-corrected chi connectivity index (χ2v) is 9.66. The first-order chi connectivity index (χ1) is 14.9. The van der Waals surface area contributed by atoms with Crippen LogP contribution in [0.15, 0.2) is 29.8 Å². The van der Waals surface area contributed by atoms with Gasteiger partial charge in [-0.25, -0.2) is 0 Å². The number of anilines is 1. The third kappa shape index (κ3) is 10.3. The summed E-state index contributed by atoms with van der Waals surface area (Å²) in [4.78, 5) is 2.42. The van der Waals surface area contributed by atoms with Crippen LogP contribution < -0.4 is 4.90 Å². The molecule has 1 N–H and O–H groups in total. The topological polar surface area (TPSA) is 81.4 Å². The first-order valence-corrected chi connectivity index (χ1v) is 13.1. The van der Waals surface area contributed by atoms with Crippen molar-refractivity contribution in [1.29, 1.82) is 5.26 Å². The molecule has 1 aromatic rings. The minimum absolute atomic E-state index is 0.0369. The number of rotatable bonds is 16. The lowest BCUT2D eigenvalue weighted by atomic mass is 10.1. The summed E-state index contributed by atoms with van der Waals surface area (Å²) in [5.41, 5.74) is 1.93. The molecule has 6 heteroatoms. The van der Waals surface area contributed by atoms with Gasteiger partial charge in [0.15, 0.2) is 0 Å². The van der Waals surface area contributed by atoms with Gasteiger partial charge in [-0.3, -0.25) is 4.55 Å². The SMILES string of the molecule is [CH2]CCC(C(C#N)=Cc1ccc(N(CCCCCC)CCCCCC)cc1)S(=O)(=O)O. The second-order valence-electron chi connectivity index (χ2n) is 8.06. The van der Waals surface area contributed by atoms with Crippen molar-refractivity contribution in [3.8, 4) is 6.07 Å². The van der Waals surface area contributed by atoms with Crippen LogP contribution in [0.25, 0.3) is 6.08 Å². The number of nitrogens with zero attached hydrogens (tertiary/aromatic N) is 2. The molecule has 0 aliphatic rings. The lowest BCUT2D eigenvalue weighted by Gasteiger charge is -2.25. The van der Waals surface area contributed by atoms with Gasteiger partial charge in [0, 0.05) is 18.8 Å². The number of hydrogen-bond donors (Lipinski definition) is 1. The predicted octanol–water partition coefficient (Wildman–Crippen LogP) is 6.43. The zero-order valence-electron chi connectivity index (χ0n) is 19.2. The summed E-state index contributed by atoms with van der Waals surface area (Å²) in [6.45, 7) is 10.1. The summed E-state index contributed by atoms with van der Waals surface area (Å²) in [5, 5.41) is 8.22. The maximum Gasteiger partial charge on any atom is 0.272 e. The van der Waals surface area contributed by atoms with E-state index in [1.54, 1.807) is 6.08 Å². The third-order valence-corrected chi connectivity index (χ3v) is 6.65. The first kappa shape index (κ1) is 27.2. The molecule has 0 bridgehead atoms. The van der Waals surface area contributed by atoms with E-state index in [2.05, 4.69) is 25.7 Å². The van der Waals surface area contributed by atoms with E-state index in [1.807, 2.05) is 30.3 Å². The molecule has 1 rings (SSSR count). The maximum absolute atomic E-state index is 11.7. The van der Waals surface area contributed by atoms with Crippen LogP contribution in [0.1, 0.15) is 83.6 Å². The molecule has 1 aromatic carbocycles. The Morgan fingerprint density at radius 3 is 2.03 bits per heavy atom. The molecular formula is C25H39N2O3S. The van der Waals surface area contributed by atoms with E-state index in [9.17, 15) is 18.2 Å². The average molecular weight is 448 g/mol. The fourth-order valence-electron chi connectivity index (χ4n) is 3.64. The summed E-state index contributed by atoms with van der Waals surface area (Å²) in [6.07, 6.45) is 11.7. The van der Waals surface area contributed by atoms with Gasteiger partial charge in [0.1, 0.15) is 5.25 Å². The Bertz CT molecular complexity index is 783.